The number of ether oxygens (including phenoxy) is 2. The molecule has 48 heavy (non-hydrogen) atoms. The number of carbonyl (C=O) groups excluding carboxylic acids is 2. The standard InChI is InChI=1S/C39H73O8P/c1-3-5-7-9-11-13-15-17-19-21-23-25-27-29-31-33-38(40)45-35-37(36-46-48(42,43)44)47-39(41)34-32-30-28-26-24-22-20-18-16-14-12-10-8-6-4-2/h14,16-17,19,37H,3-13,15,18,20-36H2,1-2H3,(H2,42,43,44)/t37-/m1/s1. The first-order valence-corrected chi connectivity index (χ1v) is 21.2. The molecule has 0 unspecified atom stereocenters. The van der Waals surface area contributed by atoms with E-state index in [1.165, 1.54) is 96.3 Å². The molecule has 282 valence electrons. The topological polar surface area (TPSA) is 119 Å². The molecular weight excluding hydrogens is 627 g/mol. The Kier molecular flexibility index (Phi) is 34.3. The van der Waals surface area contributed by atoms with E-state index in [1.54, 1.807) is 0 Å². The number of esters is 2. The van der Waals surface area contributed by atoms with Gasteiger partial charge in [-0.15, -0.1) is 0 Å². The van der Waals surface area contributed by atoms with Crippen LogP contribution in [0.4, 0.5) is 0 Å². The molecule has 0 radical (unpaired) electrons. The summed E-state index contributed by atoms with van der Waals surface area (Å²) in [6.07, 6.45) is 38.9. The van der Waals surface area contributed by atoms with Crippen LogP contribution in [0.5, 0.6) is 0 Å². The second kappa shape index (κ2) is 35.4. The van der Waals surface area contributed by atoms with Gasteiger partial charge in [0.2, 0.25) is 0 Å². The molecule has 0 aliphatic carbocycles. The fraction of sp³-hybridized carbons (Fsp3) is 0.846. The third-order valence-corrected chi connectivity index (χ3v) is 8.93. The smallest absolute Gasteiger partial charge is 0.462 e. The van der Waals surface area contributed by atoms with Gasteiger partial charge in [-0.25, -0.2) is 4.57 Å². The Hall–Kier alpha value is -1.47. The van der Waals surface area contributed by atoms with E-state index in [-0.39, 0.29) is 19.4 Å². The molecule has 0 aliphatic rings. The Morgan fingerprint density at radius 1 is 0.521 bits per heavy atom. The van der Waals surface area contributed by atoms with Crippen molar-refractivity contribution in [3.63, 3.8) is 0 Å². The first-order chi connectivity index (χ1) is 23.3. The van der Waals surface area contributed by atoms with Gasteiger partial charge in [0.05, 0.1) is 6.61 Å². The van der Waals surface area contributed by atoms with Crippen LogP contribution < -0.4 is 0 Å². The summed E-state index contributed by atoms with van der Waals surface area (Å²) in [7, 11) is -4.75. The second-order valence-electron chi connectivity index (χ2n) is 13.2. The third kappa shape index (κ3) is 37.4. The summed E-state index contributed by atoms with van der Waals surface area (Å²) in [6, 6.07) is 0. The van der Waals surface area contributed by atoms with Gasteiger partial charge in [0, 0.05) is 12.8 Å². The van der Waals surface area contributed by atoms with Gasteiger partial charge in [-0.2, -0.15) is 0 Å². The summed E-state index contributed by atoms with van der Waals surface area (Å²) < 4.78 is 26.3. The molecule has 0 bridgehead atoms. The summed E-state index contributed by atoms with van der Waals surface area (Å²) in [4.78, 5) is 42.7. The molecule has 0 fully saturated rings. The molecule has 0 rings (SSSR count). The maximum atomic E-state index is 12.4. The fourth-order valence-corrected chi connectivity index (χ4v) is 5.84. The average molecular weight is 701 g/mol. The Balaban J connectivity index is 3.96. The van der Waals surface area contributed by atoms with Gasteiger partial charge in [0.1, 0.15) is 6.61 Å². The van der Waals surface area contributed by atoms with Crippen LogP contribution in [0.1, 0.15) is 194 Å². The number of unbranched alkanes of at least 4 members (excludes halogenated alkanes) is 22. The maximum absolute atomic E-state index is 12.4. The molecule has 0 spiro atoms. The third-order valence-electron chi connectivity index (χ3n) is 8.44. The van der Waals surface area contributed by atoms with Gasteiger partial charge in [0.15, 0.2) is 6.10 Å². The Bertz CT molecular complexity index is 838. The first-order valence-electron chi connectivity index (χ1n) is 19.6. The van der Waals surface area contributed by atoms with Crippen molar-refractivity contribution in [2.45, 2.75) is 200 Å². The minimum Gasteiger partial charge on any atom is -0.462 e. The number of hydrogen-bond donors (Lipinski definition) is 2. The quantitative estimate of drug-likeness (QED) is 0.0287. The lowest BCUT2D eigenvalue weighted by molar-refractivity contribution is -0.161. The van der Waals surface area contributed by atoms with Gasteiger partial charge in [-0.05, 0) is 64.2 Å². The lowest BCUT2D eigenvalue weighted by atomic mass is 10.1. The molecule has 0 amide bonds. The van der Waals surface area contributed by atoms with Gasteiger partial charge < -0.3 is 19.3 Å². The van der Waals surface area contributed by atoms with E-state index in [0.717, 1.165) is 57.8 Å². The van der Waals surface area contributed by atoms with Crippen LogP contribution >= 0.6 is 7.82 Å². The molecule has 1 atom stereocenters. The first kappa shape index (κ1) is 46.5. The summed E-state index contributed by atoms with van der Waals surface area (Å²) in [5, 5.41) is 0. The number of rotatable bonds is 36. The zero-order chi connectivity index (χ0) is 35.4. The van der Waals surface area contributed by atoms with Gasteiger partial charge in [-0.3, -0.25) is 14.1 Å². The van der Waals surface area contributed by atoms with E-state index in [9.17, 15) is 14.2 Å². The molecule has 2 N–H and O–H groups in total. The van der Waals surface area contributed by atoms with Gasteiger partial charge in [0.25, 0.3) is 0 Å². The van der Waals surface area contributed by atoms with Crippen molar-refractivity contribution in [2.24, 2.45) is 0 Å². The van der Waals surface area contributed by atoms with Crippen LogP contribution in [0.2, 0.25) is 0 Å². The monoisotopic (exact) mass is 701 g/mol. The van der Waals surface area contributed by atoms with E-state index in [4.69, 9.17) is 19.3 Å². The number of phosphoric acid groups is 1. The molecule has 0 heterocycles. The largest absolute Gasteiger partial charge is 0.469 e. The second-order valence-corrected chi connectivity index (χ2v) is 14.5. The average Bonchev–Trinajstić information content (AvgIpc) is 3.05. The van der Waals surface area contributed by atoms with Crippen LogP contribution in [0.25, 0.3) is 0 Å². The highest BCUT2D eigenvalue weighted by Crippen LogP contribution is 2.36. The highest BCUT2D eigenvalue weighted by molar-refractivity contribution is 7.46. The van der Waals surface area contributed by atoms with Gasteiger partial charge in [-0.1, -0.05) is 141 Å². The van der Waals surface area contributed by atoms with E-state index in [1.807, 2.05) is 0 Å². The SMILES string of the molecule is CCCCCCC=CCCCCCCCCCC(=O)O[C@H](COC(=O)CCCCCCCC=CCCCCCCCC)COP(=O)(O)O. The minimum absolute atomic E-state index is 0.207. The van der Waals surface area contributed by atoms with Crippen molar-refractivity contribution in [1.29, 1.82) is 0 Å². The summed E-state index contributed by atoms with van der Waals surface area (Å²) in [6.45, 7) is 3.66. The summed E-state index contributed by atoms with van der Waals surface area (Å²) >= 11 is 0. The number of carbonyl (C=O) groups is 2. The minimum atomic E-state index is -4.75. The molecule has 8 nitrogen and oxygen atoms in total. The van der Waals surface area contributed by atoms with Crippen LogP contribution in [0.3, 0.4) is 0 Å². The van der Waals surface area contributed by atoms with Crippen molar-refractivity contribution in [3.8, 4) is 0 Å². The fourth-order valence-electron chi connectivity index (χ4n) is 5.48. The zero-order valence-corrected chi connectivity index (χ0v) is 31.8. The van der Waals surface area contributed by atoms with Crippen LogP contribution in [-0.4, -0.2) is 41.0 Å². The van der Waals surface area contributed by atoms with E-state index in [0.29, 0.717) is 12.8 Å². The molecule has 0 aromatic heterocycles. The molecular formula is C39H73O8P. The number of allylic oxidation sites excluding steroid dienone is 4. The summed E-state index contributed by atoms with van der Waals surface area (Å²) in [5.41, 5.74) is 0. The normalized spacial score (nSPS) is 12.7. The lowest BCUT2D eigenvalue weighted by Crippen LogP contribution is -2.29. The highest BCUT2D eigenvalue weighted by atomic mass is 31.2. The van der Waals surface area contributed by atoms with E-state index in [2.05, 4.69) is 42.7 Å². The van der Waals surface area contributed by atoms with Gasteiger partial charge >= 0.3 is 19.8 Å². The highest BCUT2D eigenvalue weighted by Gasteiger charge is 2.22. The van der Waals surface area contributed by atoms with E-state index >= 15 is 0 Å². The number of phosphoric ester groups is 1. The van der Waals surface area contributed by atoms with Crippen molar-refractivity contribution in [1.82, 2.24) is 0 Å². The van der Waals surface area contributed by atoms with Crippen molar-refractivity contribution in [3.05, 3.63) is 24.3 Å². The molecule has 0 aromatic rings. The van der Waals surface area contributed by atoms with Crippen LogP contribution in [0, 0.1) is 0 Å². The molecule has 0 saturated carbocycles. The van der Waals surface area contributed by atoms with Crippen LogP contribution in [-0.2, 0) is 28.2 Å². The van der Waals surface area contributed by atoms with Crippen molar-refractivity contribution >= 4 is 19.8 Å². The van der Waals surface area contributed by atoms with Crippen molar-refractivity contribution < 1.29 is 37.9 Å². The molecule has 0 aromatic carbocycles. The van der Waals surface area contributed by atoms with E-state index < -0.39 is 32.5 Å². The Morgan fingerprint density at radius 3 is 1.29 bits per heavy atom. The number of hydrogen-bond acceptors (Lipinski definition) is 6. The summed E-state index contributed by atoms with van der Waals surface area (Å²) in [5.74, 6) is -0.896. The maximum Gasteiger partial charge on any atom is 0.469 e. The molecule has 0 aliphatic heterocycles. The zero-order valence-electron chi connectivity index (χ0n) is 30.9. The molecule has 9 heteroatoms. The molecule has 0 saturated heterocycles. The predicted octanol–water partition coefficient (Wildman–Crippen LogP) is 11.6. The Labute approximate surface area is 294 Å². The van der Waals surface area contributed by atoms with Crippen LogP contribution in [0.15, 0.2) is 24.3 Å². The Morgan fingerprint density at radius 2 is 0.875 bits per heavy atom. The van der Waals surface area contributed by atoms with Crippen molar-refractivity contribution in [2.75, 3.05) is 13.2 Å². The predicted molar refractivity (Wildman–Crippen MR) is 198 cm³/mol. The lowest BCUT2D eigenvalue weighted by Gasteiger charge is -2.18.